The van der Waals surface area contributed by atoms with Crippen molar-refractivity contribution in [1.29, 1.82) is 0 Å². The minimum atomic E-state index is -0.820. The number of aliphatic hydroxyl groups is 1. The van der Waals surface area contributed by atoms with E-state index in [1.165, 1.54) is 7.11 Å². The van der Waals surface area contributed by atoms with Crippen molar-refractivity contribution >= 4 is 33.7 Å². The molecule has 41 heavy (non-hydrogen) atoms. The van der Waals surface area contributed by atoms with E-state index in [-0.39, 0.29) is 26.4 Å². The summed E-state index contributed by atoms with van der Waals surface area (Å²) in [4.78, 5) is 38.8. The molecule has 2 aliphatic heterocycles. The van der Waals surface area contributed by atoms with Crippen molar-refractivity contribution < 1.29 is 43.2 Å². The minimum absolute atomic E-state index is 0.0349. The van der Waals surface area contributed by atoms with Crippen molar-refractivity contribution in [3.05, 3.63) is 71.8 Å². The van der Waals surface area contributed by atoms with E-state index in [0.717, 1.165) is 11.1 Å². The highest BCUT2D eigenvalue weighted by Gasteiger charge is 2.49. The van der Waals surface area contributed by atoms with Gasteiger partial charge in [-0.1, -0.05) is 60.7 Å². The molecule has 2 aromatic carbocycles. The van der Waals surface area contributed by atoms with Gasteiger partial charge in [0, 0.05) is 25.7 Å². The van der Waals surface area contributed by atoms with Gasteiger partial charge in [-0.15, -0.1) is 0 Å². The second-order valence-corrected chi connectivity index (χ2v) is 10.3. The number of methoxy groups -OCH3 is 1. The van der Waals surface area contributed by atoms with Crippen LogP contribution in [0.3, 0.4) is 0 Å². The fourth-order valence-corrected chi connectivity index (χ4v) is 5.42. The van der Waals surface area contributed by atoms with E-state index in [0.29, 0.717) is 0 Å². The van der Waals surface area contributed by atoms with E-state index in [1.807, 2.05) is 60.7 Å². The lowest BCUT2D eigenvalue weighted by Crippen LogP contribution is -2.53. The van der Waals surface area contributed by atoms with Gasteiger partial charge in [0.25, 0.3) is 0 Å². The van der Waals surface area contributed by atoms with Gasteiger partial charge >= 0.3 is 18.0 Å². The van der Waals surface area contributed by atoms with Crippen LogP contribution in [0.2, 0.25) is 0 Å². The molecule has 0 radical (unpaired) electrons. The zero-order valence-corrected chi connectivity index (χ0v) is 23.4. The number of amides is 2. The van der Waals surface area contributed by atoms with Crippen molar-refractivity contribution in [3.8, 4) is 0 Å². The van der Waals surface area contributed by atoms with E-state index in [4.69, 9.17) is 23.7 Å². The molecule has 2 amide bonds. The smallest absolute Gasteiger partial charge is 0.315 e. The average molecular weight is 566 g/mol. The second kappa shape index (κ2) is 14.5. The van der Waals surface area contributed by atoms with Crippen molar-refractivity contribution in [2.24, 2.45) is 11.8 Å². The number of rotatable bonds is 11. The maximum atomic E-state index is 13.0. The Labute approximate surface area is 241 Å². The number of benzene rings is 2. The molecule has 0 saturated carbocycles. The van der Waals surface area contributed by atoms with Gasteiger partial charge in [-0.05, 0) is 11.1 Å². The van der Waals surface area contributed by atoms with Crippen LogP contribution in [-0.2, 0) is 46.5 Å². The molecule has 11 nitrogen and oxygen atoms in total. The molecular weight excluding hydrogens is 530 g/mol. The van der Waals surface area contributed by atoms with E-state index in [2.05, 4.69) is 10.6 Å². The normalized spacial score (nSPS) is 29.0. The first-order valence-corrected chi connectivity index (χ1v) is 13.7. The summed E-state index contributed by atoms with van der Waals surface area (Å²) in [5.41, 5.74) is 1.69. The molecule has 3 N–H and O–H groups in total. The fourth-order valence-electron chi connectivity index (χ4n) is 5.42. The predicted octanol–water partition coefficient (Wildman–Crippen LogP) is -0.903. The molecule has 8 atom stereocenters. The number of ether oxygens (including phenoxy) is 5. The number of carbonyl (C=O) groups is 3. The molecule has 2 aromatic rings. The number of hydrogen-bond donors (Lipinski definition) is 3. The Kier molecular flexibility index (Phi) is 10.8. The molecule has 0 bridgehead atoms. The Morgan fingerprint density at radius 1 is 0.829 bits per heavy atom. The van der Waals surface area contributed by atoms with Gasteiger partial charge in [0.2, 0.25) is 0 Å². The van der Waals surface area contributed by atoms with Crippen molar-refractivity contribution in [3.63, 3.8) is 0 Å². The first kappa shape index (κ1) is 30.6. The van der Waals surface area contributed by atoms with E-state index in [9.17, 15) is 19.5 Å². The lowest BCUT2D eigenvalue weighted by atomic mass is 9.83. The number of aliphatic hydroxyl groups excluding tert-OH is 1. The lowest BCUT2D eigenvalue weighted by molar-refractivity contribution is -0.154. The summed E-state index contributed by atoms with van der Waals surface area (Å²) >= 11 is 0. The van der Waals surface area contributed by atoms with E-state index in [1.54, 1.807) is 15.7 Å². The van der Waals surface area contributed by atoms with Gasteiger partial charge in [-0.3, -0.25) is 9.59 Å². The summed E-state index contributed by atoms with van der Waals surface area (Å²) in [5, 5.41) is 15.3. The summed E-state index contributed by atoms with van der Waals surface area (Å²) in [6.07, 6.45) is -2.05. The number of nitrogens with one attached hydrogen (secondary N) is 2. The number of carbonyl (C=O) groups excluding carboxylic acids is 3. The third kappa shape index (κ3) is 7.68. The first-order valence-electron chi connectivity index (χ1n) is 13.7. The van der Waals surface area contributed by atoms with Gasteiger partial charge in [-0.25, -0.2) is 4.79 Å². The number of hydrogen-bond acceptors (Lipinski definition) is 9. The lowest BCUT2D eigenvalue weighted by Gasteiger charge is -2.24. The number of urea groups is 1. The molecule has 4 unspecified atom stereocenters. The SMILES string of the molecule is B[C@@H]1O[C@H](CO)C(NC(=O)NC[C@H]2O[C@@H](B)C(C(=O)OCc3ccccc3)C2OC)C1C(=O)OCc1ccccc1. The second-order valence-electron chi connectivity index (χ2n) is 10.3. The van der Waals surface area contributed by atoms with Crippen molar-refractivity contribution in [2.75, 3.05) is 20.3 Å². The summed E-state index contributed by atoms with van der Waals surface area (Å²) < 4.78 is 28.3. The first-order chi connectivity index (χ1) is 19.8. The molecule has 2 saturated heterocycles. The highest BCUT2D eigenvalue weighted by atomic mass is 16.6. The van der Waals surface area contributed by atoms with Gasteiger partial charge in [0.15, 0.2) is 0 Å². The Morgan fingerprint density at radius 3 is 1.88 bits per heavy atom. The van der Waals surface area contributed by atoms with Crippen LogP contribution >= 0.6 is 0 Å². The number of esters is 2. The van der Waals surface area contributed by atoms with Crippen LogP contribution < -0.4 is 10.6 Å². The summed E-state index contributed by atoms with van der Waals surface area (Å²) in [6, 6.07) is 16.1. The van der Waals surface area contributed by atoms with Crippen LogP contribution in [0.5, 0.6) is 0 Å². The van der Waals surface area contributed by atoms with Crippen LogP contribution in [0.15, 0.2) is 60.7 Å². The zero-order valence-electron chi connectivity index (χ0n) is 23.4. The topological polar surface area (TPSA) is 142 Å². The summed E-state index contributed by atoms with van der Waals surface area (Å²) in [6.45, 7) is -0.142. The van der Waals surface area contributed by atoms with Gasteiger partial charge in [0.1, 0.15) is 53.1 Å². The highest BCUT2D eigenvalue weighted by molar-refractivity contribution is 6.13. The van der Waals surface area contributed by atoms with Crippen LogP contribution in [-0.4, -0.2) is 95.4 Å². The van der Waals surface area contributed by atoms with Crippen LogP contribution in [0.1, 0.15) is 11.1 Å². The monoisotopic (exact) mass is 566 g/mol. The molecule has 13 heteroatoms. The molecular formula is C28H36B2N2O9. The Balaban J connectivity index is 1.31. The minimum Gasteiger partial charge on any atom is -0.460 e. The van der Waals surface area contributed by atoms with Gasteiger partial charge in [-0.2, -0.15) is 0 Å². The van der Waals surface area contributed by atoms with Gasteiger partial charge < -0.3 is 39.4 Å². The molecule has 2 fully saturated rings. The molecule has 218 valence electrons. The fraction of sp³-hybridized carbons (Fsp3) is 0.464. The molecule has 2 aliphatic rings. The quantitative estimate of drug-likeness (QED) is 0.233. The van der Waals surface area contributed by atoms with Crippen molar-refractivity contribution in [2.45, 2.75) is 49.6 Å². The molecule has 0 aromatic heterocycles. The Bertz CT molecular complexity index is 1160. The highest BCUT2D eigenvalue weighted by Crippen LogP contribution is 2.30. The Morgan fingerprint density at radius 2 is 1.34 bits per heavy atom. The summed E-state index contributed by atoms with van der Waals surface area (Å²) in [7, 11) is 4.94. The van der Waals surface area contributed by atoms with Crippen LogP contribution in [0.25, 0.3) is 0 Å². The largest absolute Gasteiger partial charge is 0.460 e. The zero-order chi connectivity index (χ0) is 29.4. The van der Waals surface area contributed by atoms with Crippen molar-refractivity contribution in [1.82, 2.24) is 10.6 Å². The molecule has 0 aliphatic carbocycles. The van der Waals surface area contributed by atoms with E-state index >= 15 is 0 Å². The molecule has 4 rings (SSSR count). The predicted molar refractivity (Wildman–Crippen MR) is 152 cm³/mol. The maximum Gasteiger partial charge on any atom is 0.315 e. The third-order valence-corrected chi connectivity index (χ3v) is 7.50. The van der Waals surface area contributed by atoms with Crippen LogP contribution in [0.4, 0.5) is 4.79 Å². The van der Waals surface area contributed by atoms with Gasteiger partial charge in [0.05, 0.1) is 18.6 Å². The molecule has 2 heterocycles. The standard InChI is InChI=1S/C28H36B2N2O9/c1-37-23-18(40-25(30)21(23)27(35)39-15-17-10-6-3-7-11-17)12-31-28(36)32-22-19(13-33)41-24(29)20(22)26(34)38-14-16-8-4-2-5-9-16/h2-11,18-25,33H,12-15,29-30H2,1H3,(H2,31,32,36)/t18-,19-,20?,21?,22?,23?,24-,25-/m1/s1. The van der Waals surface area contributed by atoms with Crippen LogP contribution in [0, 0.1) is 11.8 Å². The average Bonchev–Trinajstić information content (AvgIpc) is 3.49. The third-order valence-electron chi connectivity index (χ3n) is 7.50. The van der Waals surface area contributed by atoms with E-state index < -0.39 is 66.2 Å². The summed E-state index contributed by atoms with van der Waals surface area (Å²) in [5.74, 6) is -2.48. The molecule has 0 spiro atoms. The maximum absolute atomic E-state index is 13.0. The Hall–Kier alpha value is -3.38.